The van der Waals surface area contributed by atoms with E-state index in [1.54, 1.807) is 18.2 Å². The lowest BCUT2D eigenvalue weighted by atomic mass is 10.2. The van der Waals surface area contributed by atoms with Gasteiger partial charge in [-0.05, 0) is 42.0 Å². The fourth-order valence-corrected chi connectivity index (χ4v) is 3.60. The average Bonchev–Trinajstić information content (AvgIpc) is 3.00. The van der Waals surface area contributed by atoms with Crippen LogP contribution in [0.3, 0.4) is 0 Å². The highest BCUT2D eigenvalue weighted by molar-refractivity contribution is 6.35. The van der Waals surface area contributed by atoms with Crippen molar-refractivity contribution in [1.82, 2.24) is 9.55 Å². The van der Waals surface area contributed by atoms with Crippen LogP contribution in [-0.2, 0) is 13.2 Å². The highest BCUT2D eigenvalue weighted by Gasteiger charge is 2.13. The van der Waals surface area contributed by atoms with Crippen molar-refractivity contribution in [3.05, 3.63) is 93.2 Å². The summed E-state index contributed by atoms with van der Waals surface area (Å²) in [7, 11) is 0. The van der Waals surface area contributed by atoms with E-state index < -0.39 is 0 Å². The van der Waals surface area contributed by atoms with Crippen LogP contribution < -0.4 is 4.74 Å². The van der Waals surface area contributed by atoms with Gasteiger partial charge in [0.05, 0.1) is 22.6 Å². The maximum Gasteiger partial charge on any atom is 0.148 e. The molecule has 0 saturated heterocycles. The fraction of sp³-hybridized carbons (Fsp3) is 0.0952. The summed E-state index contributed by atoms with van der Waals surface area (Å²) in [5.41, 5.74) is 2.96. The van der Waals surface area contributed by atoms with Crippen molar-refractivity contribution in [3.63, 3.8) is 0 Å². The number of hydrogen-bond donors (Lipinski definition) is 0. The Morgan fingerprint density at radius 3 is 2.44 bits per heavy atom. The van der Waals surface area contributed by atoms with E-state index >= 15 is 0 Å². The van der Waals surface area contributed by atoms with Crippen LogP contribution in [0.15, 0.2) is 66.7 Å². The molecule has 4 rings (SSSR count). The topological polar surface area (TPSA) is 27.1 Å². The van der Waals surface area contributed by atoms with Crippen molar-refractivity contribution < 1.29 is 4.74 Å². The minimum atomic E-state index is 0.278. The number of aromatic nitrogens is 2. The highest BCUT2D eigenvalue weighted by atomic mass is 35.5. The number of imidazole rings is 1. The van der Waals surface area contributed by atoms with Crippen LogP contribution in [0, 0.1) is 0 Å². The number of nitrogens with zero attached hydrogens (tertiary/aromatic N) is 2. The quantitative estimate of drug-likeness (QED) is 0.364. The number of hydrogen-bond acceptors (Lipinski definition) is 2. The van der Waals surface area contributed by atoms with E-state index in [2.05, 4.69) is 4.57 Å². The van der Waals surface area contributed by atoms with E-state index in [1.165, 1.54) is 0 Å². The molecule has 6 heteroatoms. The second kappa shape index (κ2) is 7.81. The van der Waals surface area contributed by atoms with Gasteiger partial charge in [-0.2, -0.15) is 0 Å². The Kier molecular flexibility index (Phi) is 5.26. The second-order valence-corrected chi connectivity index (χ2v) is 7.31. The Morgan fingerprint density at radius 2 is 1.63 bits per heavy atom. The first-order chi connectivity index (χ1) is 13.1. The van der Waals surface area contributed by atoms with Crippen molar-refractivity contribution in [1.29, 1.82) is 0 Å². The van der Waals surface area contributed by atoms with Gasteiger partial charge in [0.15, 0.2) is 0 Å². The molecular formula is C21H15Cl3N2O. The van der Waals surface area contributed by atoms with Crippen molar-refractivity contribution in [2.75, 3.05) is 0 Å². The smallest absolute Gasteiger partial charge is 0.148 e. The number of benzene rings is 3. The molecule has 136 valence electrons. The Morgan fingerprint density at radius 1 is 0.852 bits per heavy atom. The monoisotopic (exact) mass is 416 g/mol. The summed E-state index contributed by atoms with van der Waals surface area (Å²) in [6.45, 7) is 0.883. The largest absolute Gasteiger partial charge is 0.484 e. The summed E-state index contributed by atoms with van der Waals surface area (Å²) >= 11 is 18.5. The molecule has 0 saturated carbocycles. The lowest BCUT2D eigenvalue weighted by molar-refractivity contribution is 0.291. The third-order valence-electron chi connectivity index (χ3n) is 4.27. The average molecular weight is 418 g/mol. The molecule has 0 aliphatic carbocycles. The van der Waals surface area contributed by atoms with Crippen LogP contribution in [0.25, 0.3) is 11.0 Å². The first kappa shape index (κ1) is 18.2. The van der Waals surface area contributed by atoms with Crippen LogP contribution in [-0.4, -0.2) is 9.55 Å². The second-order valence-electron chi connectivity index (χ2n) is 6.06. The fourth-order valence-electron chi connectivity index (χ4n) is 2.94. The van der Waals surface area contributed by atoms with Crippen molar-refractivity contribution >= 4 is 45.8 Å². The summed E-state index contributed by atoms with van der Waals surface area (Å²) < 4.78 is 8.02. The predicted octanol–water partition coefficient (Wildman–Crippen LogP) is 6.62. The van der Waals surface area contributed by atoms with Gasteiger partial charge in [-0.15, -0.1) is 0 Å². The molecule has 1 heterocycles. The molecule has 0 spiro atoms. The predicted molar refractivity (Wildman–Crippen MR) is 111 cm³/mol. The number of para-hydroxylation sites is 2. The number of rotatable bonds is 5. The summed E-state index contributed by atoms with van der Waals surface area (Å²) in [6.07, 6.45) is 0. The normalized spacial score (nSPS) is 11.1. The molecule has 27 heavy (non-hydrogen) atoms. The Labute approximate surface area is 172 Å². The molecule has 0 unspecified atom stereocenters. The third-order valence-corrected chi connectivity index (χ3v) is 5.17. The van der Waals surface area contributed by atoms with Gasteiger partial charge in [0, 0.05) is 10.0 Å². The standard InChI is InChI=1S/C21H15Cl3N2O/c22-15-9-10-20(17(24)11-15)27-13-21-25-18-7-3-4-8-19(18)26(21)12-14-5-1-2-6-16(14)23/h1-11H,12-13H2. The molecule has 0 N–H and O–H groups in total. The minimum Gasteiger partial charge on any atom is -0.484 e. The molecule has 0 radical (unpaired) electrons. The van der Waals surface area contributed by atoms with Crippen LogP contribution in [0.5, 0.6) is 5.75 Å². The molecule has 3 aromatic carbocycles. The first-order valence-corrected chi connectivity index (χ1v) is 9.50. The van der Waals surface area contributed by atoms with Gasteiger partial charge in [-0.1, -0.05) is 65.1 Å². The molecule has 0 aliphatic rings. The number of ether oxygens (including phenoxy) is 1. The van der Waals surface area contributed by atoms with Gasteiger partial charge < -0.3 is 9.30 Å². The van der Waals surface area contributed by atoms with Gasteiger partial charge in [0.2, 0.25) is 0 Å². The van der Waals surface area contributed by atoms with E-state index in [0.29, 0.717) is 22.3 Å². The molecule has 0 fully saturated rings. The third kappa shape index (κ3) is 3.91. The highest BCUT2D eigenvalue weighted by Crippen LogP contribution is 2.29. The SMILES string of the molecule is Clc1ccc(OCc2nc3ccccc3n2Cc2ccccc2Cl)c(Cl)c1. The van der Waals surface area contributed by atoms with E-state index in [0.717, 1.165) is 27.4 Å². The van der Waals surface area contributed by atoms with Crippen molar-refractivity contribution in [2.45, 2.75) is 13.2 Å². The van der Waals surface area contributed by atoms with Gasteiger partial charge in [-0.3, -0.25) is 0 Å². The summed E-state index contributed by atoms with van der Waals surface area (Å²) in [5, 5.41) is 1.76. The minimum absolute atomic E-state index is 0.278. The van der Waals surface area contributed by atoms with E-state index in [1.807, 2.05) is 48.5 Å². The van der Waals surface area contributed by atoms with E-state index in [-0.39, 0.29) is 6.61 Å². The Hall–Kier alpha value is -2.20. The summed E-state index contributed by atoms with van der Waals surface area (Å²) in [6, 6.07) is 20.9. The Bertz CT molecular complexity index is 1110. The molecule has 1 aromatic heterocycles. The van der Waals surface area contributed by atoms with Crippen LogP contribution in [0.1, 0.15) is 11.4 Å². The van der Waals surface area contributed by atoms with E-state index in [4.69, 9.17) is 44.5 Å². The summed E-state index contributed by atoms with van der Waals surface area (Å²) in [4.78, 5) is 4.73. The zero-order chi connectivity index (χ0) is 18.8. The molecule has 0 bridgehead atoms. The van der Waals surface area contributed by atoms with Gasteiger partial charge in [-0.25, -0.2) is 4.98 Å². The lowest BCUT2D eigenvalue weighted by Gasteiger charge is -2.12. The van der Waals surface area contributed by atoms with Gasteiger partial charge >= 0.3 is 0 Å². The lowest BCUT2D eigenvalue weighted by Crippen LogP contribution is -2.09. The van der Waals surface area contributed by atoms with Crippen molar-refractivity contribution in [2.24, 2.45) is 0 Å². The van der Waals surface area contributed by atoms with Gasteiger partial charge in [0.25, 0.3) is 0 Å². The van der Waals surface area contributed by atoms with Crippen LogP contribution in [0.2, 0.25) is 15.1 Å². The molecule has 3 nitrogen and oxygen atoms in total. The first-order valence-electron chi connectivity index (χ1n) is 8.37. The molecule has 4 aromatic rings. The maximum absolute atomic E-state index is 6.36. The summed E-state index contributed by atoms with van der Waals surface area (Å²) in [5.74, 6) is 1.36. The number of fused-ring (bicyclic) bond motifs is 1. The maximum atomic E-state index is 6.36. The molecule has 0 aliphatic heterocycles. The van der Waals surface area contributed by atoms with Crippen molar-refractivity contribution in [3.8, 4) is 5.75 Å². The van der Waals surface area contributed by atoms with Gasteiger partial charge in [0.1, 0.15) is 18.2 Å². The molecule has 0 atom stereocenters. The zero-order valence-corrected chi connectivity index (χ0v) is 16.5. The Balaban J connectivity index is 1.68. The molecule has 0 amide bonds. The van der Waals surface area contributed by atoms with E-state index in [9.17, 15) is 0 Å². The van der Waals surface area contributed by atoms with Crippen LogP contribution in [0.4, 0.5) is 0 Å². The van der Waals surface area contributed by atoms with Crippen LogP contribution >= 0.6 is 34.8 Å². The molecular weight excluding hydrogens is 403 g/mol. The number of halogens is 3. The zero-order valence-electron chi connectivity index (χ0n) is 14.2.